The Hall–Kier alpha value is -3.26. The van der Waals surface area contributed by atoms with Crippen molar-refractivity contribution in [1.29, 1.82) is 0 Å². The number of benzene rings is 2. The zero-order chi connectivity index (χ0) is 22.0. The number of halogens is 3. The molecule has 0 spiro atoms. The molecule has 0 saturated carbocycles. The van der Waals surface area contributed by atoms with Gasteiger partial charge in [-0.05, 0) is 29.2 Å². The lowest BCUT2D eigenvalue weighted by Gasteiger charge is -2.11. The largest absolute Gasteiger partial charge is 0.467 e. The lowest BCUT2D eigenvalue weighted by atomic mass is 9.94. The predicted molar refractivity (Wildman–Crippen MR) is 107 cm³/mol. The van der Waals surface area contributed by atoms with Crippen LogP contribution in [0.2, 0.25) is 0 Å². The summed E-state index contributed by atoms with van der Waals surface area (Å²) in [6.45, 7) is 0.512. The maximum Gasteiger partial charge on any atom is 0.422 e. The Kier molecular flexibility index (Phi) is 5.73. The molecule has 0 amide bonds. The number of nitrogens with zero attached hydrogens (tertiary/aromatic N) is 2. The molecule has 4 rings (SSSR count). The van der Waals surface area contributed by atoms with E-state index in [2.05, 4.69) is 20.8 Å². The second-order valence-electron chi connectivity index (χ2n) is 7.27. The van der Waals surface area contributed by atoms with Crippen molar-refractivity contribution >= 4 is 6.29 Å². The Balaban J connectivity index is 1.49. The molecule has 8 heteroatoms. The van der Waals surface area contributed by atoms with Crippen molar-refractivity contribution in [2.45, 2.75) is 31.7 Å². The molecule has 1 aromatic heterocycles. The average Bonchev–Trinajstić information content (AvgIpc) is 3.53. The Bertz CT molecular complexity index is 1090. The first kappa shape index (κ1) is 21.0. The number of carbonyl (C=O) groups is 1. The van der Waals surface area contributed by atoms with Crippen LogP contribution in [0, 0.1) is 6.92 Å². The van der Waals surface area contributed by atoms with Gasteiger partial charge in [-0.15, -0.1) is 0 Å². The van der Waals surface area contributed by atoms with Crippen LogP contribution in [0.4, 0.5) is 13.2 Å². The highest BCUT2D eigenvalue weighted by molar-refractivity contribution is 5.77. The highest BCUT2D eigenvalue weighted by Crippen LogP contribution is 2.40. The standard InChI is InChI=1S/C23H19F3N2O3/c1-14-16(8-5-9-18(14)15-6-3-2-4-7-15)10-19-20(31-19)21-27-11-17(12-29)22(28-21)30-13-23(24,25)26/h2-9,11-12,19-20H,10,13H2,1H3. The van der Waals surface area contributed by atoms with E-state index in [4.69, 9.17) is 4.74 Å². The average molecular weight is 428 g/mol. The summed E-state index contributed by atoms with van der Waals surface area (Å²) >= 11 is 0. The van der Waals surface area contributed by atoms with Gasteiger partial charge in [-0.1, -0.05) is 48.5 Å². The van der Waals surface area contributed by atoms with Crippen molar-refractivity contribution in [1.82, 2.24) is 9.97 Å². The van der Waals surface area contributed by atoms with Gasteiger partial charge in [0.05, 0.1) is 11.7 Å². The van der Waals surface area contributed by atoms with Crippen LogP contribution < -0.4 is 4.74 Å². The summed E-state index contributed by atoms with van der Waals surface area (Å²) in [5.74, 6) is -0.196. The number of carbonyl (C=O) groups excluding carboxylic acids is 1. The summed E-state index contributed by atoms with van der Waals surface area (Å²) in [7, 11) is 0. The van der Waals surface area contributed by atoms with Gasteiger partial charge >= 0.3 is 6.18 Å². The van der Waals surface area contributed by atoms with Gasteiger partial charge in [0.25, 0.3) is 0 Å². The molecule has 2 aromatic carbocycles. The number of hydrogen-bond donors (Lipinski definition) is 0. The monoisotopic (exact) mass is 428 g/mol. The van der Waals surface area contributed by atoms with Crippen molar-refractivity contribution in [3.8, 4) is 17.0 Å². The van der Waals surface area contributed by atoms with Gasteiger partial charge in [-0.25, -0.2) is 4.98 Å². The fraction of sp³-hybridized carbons (Fsp3) is 0.261. The first-order valence-corrected chi connectivity index (χ1v) is 9.67. The second-order valence-corrected chi connectivity index (χ2v) is 7.27. The summed E-state index contributed by atoms with van der Waals surface area (Å²) in [5.41, 5.74) is 4.34. The molecule has 1 aliphatic rings. The predicted octanol–water partition coefficient (Wildman–Crippen LogP) is 4.89. The van der Waals surface area contributed by atoms with Gasteiger partial charge in [0, 0.05) is 12.6 Å². The van der Waals surface area contributed by atoms with Crippen LogP contribution in [0.5, 0.6) is 5.88 Å². The first-order chi connectivity index (χ1) is 14.9. The minimum Gasteiger partial charge on any atom is -0.467 e. The van der Waals surface area contributed by atoms with Gasteiger partial charge in [0.1, 0.15) is 6.10 Å². The molecule has 2 unspecified atom stereocenters. The molecule has 0 N–H and O–H groups in total. The van der Waals surface area contributed by atoms with Crippen molar-refractivity contribution < 1.29 is 27.4 Å². The van der Waals surface area contributed by atoms with E-state index in [9.17, 15) is 18.0 Å². The van der Waals surface area contributed by atoms with Crippen LogP contribution in [0.15, 0.2) is 54.7 Å². The number of aldehydes is 1. The quantitative estimate of drug-likeness (QED) is 0.396. The molecule has 5 nitrogen and oxygen atoms in total. The molecule has 0 bridgehead atoms. The molecular weight excluding hydrogens is 409 g/mol. The highest BCUT2D eigenvalue weighted by Gasteiger charge is 2.43. The van der Waals surface area contributed by atoms with Gasteiger partial charge in [0.15, 0.2) is 18.7 Å². The van der Waals surface area contributed by atoms with Gasteiger partial charge in [-0.2, -0.15) is 18.2 Å². The topological polar surface area (TPSA) is 64.6 Å². The fourth-order valence-electron chi connectivity index (χ4n) is 3.45. The van der Waals surface area contributed by atoms with Crippen LogP contribution in [0.3, 0.4) is 0 Å². The van der Waals surface area contributed by atoms with Crippen molar-refractivity contribution in [3.63, 3.8) is 0 Å². The minimum absolute atomic E-state index is 0.142. The van der Waals surface area contributed by atoms with Crippen LogP contribution in [-0.2, 0) is 11.2 Å². The smallest absolute Gasteiger partial charge is 0.422 e. The van der Waals surface area contributed by atoms with E-state index in [0.29, 0.717) is 12.7 Å². The van der Waals surface area contributed by atoms with E-state index in [1.54, 1.807) is 0 Å². The van der Waals surface area contributed by atoms with Crippen LogP contribution in [-0.4, -0.2) is 35.1 Å². The molecule has 31 heavy (non-hydrogen) atoms. The maximum atomic E-state index is 12.5. The number of epoxide rings is 1. The zero-order valence-electron chi connectivity index (χ0n) is 16.6. The van der Waals surface area contributed by atoms with Crippen molar-refractivity contribution in [2.24, 2.45) is 0 Å². The summed E-state index contributed by atoms with van der Waals surface area (Å²) in [6, 6.07) is 16.1. The molecule has 3 aromatic rings. The Morgan fingerprint density at radius 2 is 1.90 bits per heavy atom. The van der Waals surface area contributed by atoms with Crippen molar-refractivity contribution in [3.05, 3.63) is 77.2 Å². The highest BCUT2D eigenvalue weighted by atomic mass is 19.4. The third kappa shape index (κ3) is 4.91. The van der Waals surface area contributed by atoms with E-state index in [1.165, 1.54) is 0 Å². The number of alkyl halides is 3. The van der Waals surface area contributed by atoms with Crippen LogP contribution >= 0.6 is 0 Å². The fourth-order valence-corrected chi connectivity index (χ4v) is 3.45. The van der Waals surface area contributed by atoms with E-state index < -0.39 is 24.8 Å². The minimum atomic E-state index is -4.54. The van der Waals surface area contributed by atoms with E-state index in [1.807, 2.05) is 49.4 Å². The molecule has 0 aliphatic carbocycles. The van der Waals surface area contributed by atoms with Crippen molar-refractivity contribution in [2.75, 3.05) is 6.61 Å². The lowest BCUT2D eigenvalue weighted by molar-refractivity contribution is -0.154. The molecule has 160 valence electrons. The van der Waals surface area contributed by atoms with Gasteiger partial charge in [-0.3, -0.25) is 4.79 Å². The number of ether oxygens (including phenoxy) is 2. The third-order valence-electron chi connectivity index (χ3n) is 5.09. The third-order valence-corrected chi connectivity index (χ3v) is 5.09. The zero-order valence-corrected chi connectivity index (χ0v) is 16.6. The number of hydrogen-bond acceptors (Lipinski definition) is 5. The SMILES string of the molecule is Cc1c(CC2OC2c2ncc(C=O)c(OCC(F)(F)F)n2)cccc1-c1ccccc1. The second kappa shape index (κ2) is 8.47. The molecule has 0 radical (unpaired) electrons. The summed E-state index contributed by atoms with van der Waals surface area (Å²) in [6.07, 6.45) is -3.09. The lowest BCUT2D eigenvalue weighted by Crippen LogP contribution is -2.20. The van der Waals surface area contributed by atoms with Gasteiger partial charge in [0.2, 0.25) is 5.88 Å². The van der Waals surface area contributed by atoms with Gasteiger partial charge < -0.3 is 9.47 Å². The number of rotatable bonds is 7. The van der Waals surface area contributed by atoms with Crippen LogP contribution in [0.25, 0.3) is 11.1 Å². The molecule has 1 saturated heterocycles. The molecular formula is C23H19F3N2O3. The Morgan fingerprint density at radius 1 is 1.13 bits per heavy atom. The summed E-state index contributed by atoms with van der Waals surface area (Å²) in [5, 5.41) is 0. The summed E-state index contributed by atoms with van der Waals surface area (Å²) < 4.78 is 47.8. The van der Waals surface area contributed by atoms with E-state index in [0.717, 1.165) is 28.5 Å². The molecule has 1 fully saturated rings. The van der Waals surface area contributed by atoms with E-state index >= 15 is 0 Å². The first-order valence-electron chi connectivity index (χ1n) is 9.67. The Morgan fingerprint density at radius 3 is 2.61 bits per heavy atom. The molecule has 2 heterocycles. The number of aromatic nitrogens is 2. The maximum absolute atomic E-state index is 12.5. The summed E-state index contributed by atoms with van der Waals surface area (Å²) in [4.78, 5) is 19.1. The van der Waals surface area contributed by atoms with Crippen LogP contribution in [0.1, 0.15) is 33.4 Å². The molecule has 2 atom stereocenters. The molecule has 1 aliphatic heterocycles. The van der Waals surface area contributed by atoms with E-state index in [-0.39, 0.29) is 17.5 Å². The Labute approximate surface area is 176 Å². The normalized spacial score (nSPS) is 17.9.